The summed E-state index contributed by atoms with van der Waals surface area (Å²) in [5.41, 5.74) is 1.34. The molecule has 0 amide bonds. The number of hydrogen-bond acceptors (Lipinski definition) is 6. The van der Waals surface area contributed by atoms with Gasteiger partial charge in [-0.2, -0.15) is 0 Å². The van der Waals surface area contributed by atoms with E-state index in [0.717, 1.165) is 19.3 Å². The highest BCUT2D eigenvalue weighted by molar-refractivity contribution is 5.78. The van der Waals surface area contributed by atoms with Gasteiger partial charge in [-0.3, -0.25) is 4.79 Å². The molecule has 0 aliphatic rings. The van der Waals surface area contributed by atoms with Gasteiger partial charge in [0, 0.05) is 25.1 Å². The number of fused-ring (bicyclic) bond motifs is 1. The SMILES string of the molecule is COc1cc2nc(NCCCCCC(=O)OC(C)(C)C)c(C)nc2cc1F. The lowest BCUT2D eigenvalue weighted by Gasteiger charge is -2.19. The summed E-state index contributed by atoms with van der Waals surface area (Å²) >= 11 is 0. The maximum Gasteiger partial charge on any atom is 0.306 e. The first-order chi connectivity index (χ1) is 12.7. The quantitative estimate of drug-likeness (QED) is 0.543. The van der Waals surface area contributed by atoms with Crippen molar-refractivity contribution in [2.24, 2.45) is 0 Å². The van der Waals surface area contributed by atoms with Crippen LogP contribution in [0.1, 0.15) is 52.1 Å². The standard InChI is InChI=1S/C20H28FN3O3/c1-13-19(22-10-8-6-7-9-18(25)27-20(2,3)4)24-16-12-17(26-5)14(21)11-15(16)23-13/h11-12H,6-10H2,1-5H3,(H,22,24). The average Bonchev–Trinajstić information content (AvgIpc) is 2.56. The fraction of sp³-hybridized carbons (Fsp3) is 0.550. The van der Waals surface area contributed by atoms with Crippen LogP contribution < -0.4 is 10.1 Å². The van der Waals surface area contributed by atoms with Gasteiger partial charge in [0.15, 0.2) is 11.6 Å². The van der Waals surface area contributed by atoms with Crippen LogP contribution in [-0.2, 0) is 9.53 Å². The summed E-state index contributed by atoms with van der Waals surface area (Å²) in [5, 5.41) is 3.26. The Morgan fingerprint density at radius 1 is 1.15 bits per heavy atom. The Balaban J connectivity index is 1.84. The Kier molecular flexibility index (Phi) is 6.93. The van der Waals surface area contributed by atoms with Gasteiger partial charge in [0.2, 0.25) is 0 Å². The third-order valence-corrected chi connectivity index (χ3v) is 3.88. The zero-order valence-corrected chi connectivity index (χ0v) is 16.7. The summed E-state index contributed by atoms with van der Waals surface area (Å²) in [5.74, 6) is 0.203. The molecule has 1 aromatic heterocycles. The Labute approximate surface area is 159 Å². The van der Waals surface area contributed by atoms with E-state index in [-0.39, 0.29) is 11.7 Å². The van der Waals surface area contributed by atoms with Gasteiger partial charge in [0.05, 0.1) is 23.8 Å². The summed E-state index contributed by atoms with van der Waals surface area (Å²) in [7, 11) is 1.42. The monoisotopic (exact) mass is 377 g/mol. The number of methoxy groups -OCH3 is 1. The molecule has 0 unspecified atom stereocenters. The van der Waals surface area contributed by atoms with Gasteiger partial charge in [-0.15, -0.1) is 0 Å². The summed E-state index contributed by atoms with van der Waals surface area (Å²) < 4.78 is 24.1. The summed E-state index contributed by atoms with van der Waals surface area (Å²) in [6.07, 6.45) is 3.02. The number of aryl methyl sites for hydroxylation is 1. The molecule has 0 saturated heterocycles. The van der Waals surface area contributed by atoms with Crippen LogP contribution in [0.3, 0.4) is 0 Å². The molecule has 0 bridgehead atoms. The van der Waals surface area contributed by atoms with E-state index in [1.807, 2.05) is 27.7 Å². The van der Waals surface area contributed by atoms with E-state index in [2.05, 4.69) is 15.3 Å². The van der Waals surface area contributed by atoms with Gasteiger partial charge in [-0.25, -0.2) is 14.4 Å². The smallest absolute Gasteiger partial charge is 0.306 e. The highest BCUT2D eigenvalue weighted by Gasteiger charge is 2.15. The van der Waals surface area contributed by atoms with E-state index < -0.39 is 11.4 Å². The van der Waals surface area contributed by atoms with Crippen LogP contribution in [0.5, 0.6) is 5.75 Å². The number of halogens is 1. The van der Waals surface area contributed by atoms with Crippen LogP contribution in [-0.4, -0.2) is 35.2 Å². The largest absolute Gasteiger partial charge is 0.494 e. The van der Waals surface area contributed by atoms with E-state index in [1.54, 1.807) is 6.07 Å². The highest BCUT2D eigenvalue weighted by Crippen LogP contribution is 2.24. The van der Waals surface area contributed by atoms with Crippen LogP contribution in [0.15, 0.2) is 12.1 Å². The van der Waals surface area contributed by atoms with Crippen molar-refractivity contribution >= 4 is 22.8 Å². The number of unbranched alkanes of at least 4 members (excludes halogenated alkanes) is 2. The van der Waals surface area contributed by atoms with E-state index in [0.29, 0.717) is 35.5 Å². The van der Waals surface area contributed by atoms with Crippen molar-refractivity contribution in [2.45, 2.75) is 59.0 Å². The lowest BCUT2D eigenvalue weighted by atomic mass is 10.1. The summed E-state index contributed by atoms with van der Waals surface area (Å²) in [6, 6.07) is 2.87. The number of carbonyl (C=O) groups excluding carboxylic acids is 1. The van der Waals surface area contributed by atoms with E-state index in [9.17, 15) is 9.18 Å². The molecule has 6 nitrogen and oxygen atoms in total. The van der Waals surface area contributed by atoms with Gasteiger partial charge >= 0.3 is 5.97 Å². The number of nitrogens with one attached hydrogen (secondary N) is 1. The molecule has 0 radical (unpaired) electrons. The van der Waals surface area contributed by atoms with Crippen molar-refractivity contribution in [3.63, 3.8) is 0 Å². The van der Waals surface area contributed by atoms with Crippen molar-refractivity contribution in [1.82, 2.24) is 9.97 Å². The minimum atomic E-state index is -0.454. The van der Waals surface area contributed by atoms with Gasteiger partial charge in [0.25, 0.3) is 0 Å². The van der Waals surface area contributed by atoms with E-state index in [1.165, 1.54) is 13.2 Å². The molecule has 2 rings (SSSR count). The second-order valence-corrected chi connectivity index (χ2v) is 7.46. The van der Waals surface area contributed by atoms with Crippen molar-refractivity contribution in [1.29, 1.82) is 0 Å². The molecule has 0 aliphatic carbocycles. The minimum absolute atomic E-state index is 0.147. The lowest BCUT2D eigenvalue weighted by Crippen LogP contribution is -2.23. The molecule has 7 heteroatoms. The number of carbonyl (C=O) groups is 1. The van der Waals surface area contributed by atoms with Crippen LogP contribution in [0, 0.1) is 12.7 Å². The second-order valence-electron chi connectivity index (χ2n) is 7.46. The zero-order valence-electron chi connectivity index (χ0n) is 16.7. The van der Waals surface area contributed by atoms with Gasteiger partial charge in [-0.1, -0.05) is 6.42 Å². The molecule has 1 N–H and O–H groups in total. The molecule has 2 aromatic rings. The fourth-order valence-electron chi connectivity index (χ4n) is 2.64. The molecule has 148 valence electrons. The predicted molar refractivity (Wildman–Crippen MR) is 104 cm³/mol. The summed E-state index contributed by atoms with van der Waals surface area (Å²) in [4.78, 5) is 20.6. The van der Waals surface area contributed by atoms with Crippen LogP contribution in [0.4, 0.5) is 10.2 Å². The predicted octanol–water partition coefficient (Wildman–Crippen LogP) is 4.40. The highest BCUT2D eigenvalue weighted by atomic mass is 19.1. The topological polar surface area (TPSA) is 73.3 Å². The number of esters is 1. The Morgan fingerprint density at radius 3 is 2.52 bits per heavy atom. The summed E-state index contributed by atoms with van der Waals surface area (Å²) in [6.45, 7) is 8.15. The third kappa shape index (κ3) is 6.34. The normalized spacial score (nSPS) is 11.5. The number of anilines is 1. The van der Waals surface area contributed by atoms with Crippen molar-refractivity contribution < 1.29 is 18.7 Å². The number of benzene rings is 1. The third-order valence-electron chi connectivity index (χ3n) is 3.88. The number of nitrogens with zero attached hydrogens (tertiary/aromatic N) is 2. The van der Waals surface area contributed by atoms with Crippen LogP contribution in [0.2, 0.25) is 0 Å². The first kappa shape index (κ1) is 20.9. The Hall–Kier alpha value is -2.44. The first-order valence-electron chi connectivity index (χ1n) is 9.17. The molecule has 0 saturated carbocycles. The fourth-order valence-corrected chi connectivity index (χ4v) is 2.64. The minimum Gasteiger partial charge on any atom is -0.494 e. The maximum atomic E-state index is 13.8. The molecular formula is C20H28FN3O3. The van der Waals surface area contributed by atoms with Crippen molar-refractivity contribution in [3.05, 3.63) is 23.6 Å². The van der Waals surface area contributed by atoms with E-state index >= 15 is 0 Å². The molecule has 1 heterocycles. The first-order valence-corrected chi connectivity index (χ1v) is 9.17. The van der Waals surface area contributed by atoms with Crippen molar-refractivity contribution in [3.8, 4) is 5.75 Å². The zero-order chi connectivity index (χ0) is 20.0. The molecule has 0 spiro atoms. The maximum absolute atomic E-state index is 13.8. The molecular weight excluding hydrogens is 349 g/mol. The number of ether oxygens (including phenoxy) is 2. The lowest BCUT2D eigenvalue weighted by molar-refractivity contribution is -0.154. The van der Waals surface area contributed by atoms with Gasteiger partial charge in [0.1, 0.15) is 11.4 Å². The number of rotatable bonds is 8. The Bertz CT molecular complexity index is 803. The Morgan fingerprint density at radius 2 is 1.85 bits per heavy atom. The van der Waals surface area contributed by atoms with Crippen molar-refractivity contribution in [2.75, 3.05) is 19.0 Å². The molecule has 0 fully saturated rings. The van der Waals surface area contributed by atoms with Gasteiger partial charge < -0.3 is 14.8 Å². The molecule has 0 aliphatic heterocycles. The van der Waals surface area contributed by atoms with Gasteiger partial charge in [-0.05, 0) is 40.5 Å². The van der Waals surface area contributed by atoms with Crippen LogP contribution in [0.25, 0.3) is 11.0 Å². The molecule has 0 atom stereocenters. The number of hydrogen-bond donors (Lipinski definition) is 1. The number of aromatic nitrogens is 2. The molecule has 1 aromatic carbocycles. The second kappa shape index (κ2) is 8.97. The van der Waals surface area contributed by atoms with E-state index in [4.69, 9.17) is 9.47 Å². The van der Waals surface area contributed by atoms with Crippen LogP contribution >= 0.6 is 0 Å². The molecule has 27 heavy (non-hydrogen) atoms. The average molecular weight is 377 g/mol.